The molecule has 0 heterocycles. The van der Waals surface area contributed by atoms with E-state index in [0.29, 0.717) is 25.7 Å². The zero-order valence-electron chi connectivity index (χ0n) is 15.1. The summed E-state index contributed by atoms with van der Waals surface area (Å²) in [5.74, 6) is -1.26. The lowest BCUT2D eigenvalue weighted by atomic mass is 9.90. The number of carboxylic acids is 1. The third-order valence-corrected chi connectivity index (χ3v) is 4.71. The van der Waals surface area contributed by atoms with E-state index in [9.17, 15) is 19.8 Å². The Labute approximate surface area is 150 Å². The Morgan fingerprint density at radius 1 is 1.28 bits per heavy atom. The minimum Gasteiger partial charge on any atom is -0.481 e. The van der Waals surface area contributed by atoms with Gasteiger partial charge in [-0.1, -0.05) is 50.5 Å². The van der Waals surface area contributed by atoms with Crippen molar-refractivity contribution in [1.29, 1.82) is 0 Å². The minimum atomic E-state index is -0.801. The van der Waals surface area contributed by atoms with E-state index >= 15 is 0 Å². The lowest BCUT2D eigenvalue weighted by Crippen LogP contribution is -2.18. The molecule has 0 saturated heterocycles. The van der Waals surface area contributed by atoms with Crippen molar-refractivity contribution in [2.45, 2.75) is 76.9 Å². The number of rotatable bonds is 12. The zero-order chi connectivity index (χ0) is 18.7. The van der Waals surface area contributed by atoms with Crippen LogP contribution in [-0.4, -0.2) is 39.3 Å². The Morgan fingerprint density at radius 2 is 2.04 bits per heavy atom. The highest BCUT2D eigenvalue weighted by atomic mass is 16.4. The van der Waals surface area contributed by atoms with Crippen LogP contribution in [0.25, 0.3) is 0 Å². The monoisotopic (exact) mass is 352 g/mol. The molecule has 0 aromatic carbocycles. The van der Waals surface area contributed by atoms with Gasteiger partial charge in [0.2, 0.25) is 0 Å². The summed E-state index contributed by atoms with van der Waals surface area (Å²) >= 11 is 0. The van der Waals surface area contributed by atoms with Gasteiger partial charge in [-0.3, -0.25) is 9.59 Å². The van der Waals surface area contributed by atoms with Gasteiger partial charge in [-0.25, -0.2) is 0 Å². The lowest BCUT2D eigenvalue weighted by Gasteiger charge is -2.16. The van der Waals surface area contributed by atoms with Crippen molar-refractivity contribution < 1.29 is 24.9 Å². The van der Waals surface area contributed by atoms with E-state index in [1.165, 1.54) is 0 Å². The molecule has 0 aromatic heterocycles. The number of ketones is 1. The maximum absolute atomic E-state index is 12.1. The molecular formula is C20H32O5. The van der Waals surface area contributed by atoms with Crippen molar-refractivity contribution in [3.63, 3.8) is 0 Å². The Balaban J connectivity index is 2.48. The van der Waals surface area contributed by atoms with Crippen LogP contribution in [0.5, 0.6) is 0 Å². The van der Waals surface area contributed by atoms with Gasteiger partial charge in [0.15, 0.2) is 0 Å². The molecular weight excluding hydrogens is 320 g/mol. The quantitative estimate of drug-likeness (QED) is 0.370. The fourth-order valence-corrected chi connectivity index (χ4v) is 3.22. The molecule has 4 atom stereocenters. The van der Waals surface area contributed by atoms with Crippen molar-refractivity contribution in [2.75, 3.05) is 0 Å². The number of aliphatic hydroxyl groups is 2. The van der Waals surface area contributed by atoms with Gasteiger partial charge in [-0.05, 0) is 25.7 Å². The second-order valence-electron chi connectivity index (χ2n) is 6.86. The predicted octanol–water partition coefficient (Wildman–Crippen LogP) is 3.25. The molecule has 1 rings (SSSR count). The van der Waals surface area contributed by atoms with Crippen LogP contribution < -0.4 is 0 Å². The first-order valence-corrected chi connectivity index (χ1v) is 9.39. The number of carbonyl (C=O) groups is 2. The molecule has 0 aliphatic heterocycles. The van der Waals surface area contributed by atoms with Crippen LogP contribution in [0.1, 0.15) is 64.7 Å². The van der Waals surface area contributed by atoms with Crippen LogP contribution in [0, 0.1) is 11.8 Å². The van der Waals surface area contributed by atoms with Crippen molar-refractivity contribution in [3.05, 3.63) is 24.3 Å². The number of unbranched alkanes of at least 4 members (excludes halogenated alkanes) is 3. The number of hydrogen-bond acceptors (Lipinski definition) is 4. The molecule has 142 valence electrons. The Bertz CT molecular complexity index is 469. The summed E-state index contributed by atoms with van der Waals surface area (Å²) in [5, 5.41) is 28.7. The Hall–Kier alpha value is -1.46. The highest BCUT2D eigenvalue weighted by molar-refractivity contribution is 5.84. The SMILES string of the molecule is CCCCC[C@H](O)/C=C/[C@@H]1[C@H](O)CC(=O)[C@H]1C/C=C\CCCC(=O)O. The van der Waals surface area contributed by atoms with Crippen LogP contribution in [0.15, 0.2) is 24.3 Å². The van der Waals surface area contributed by atoms with Crippen molar-refractivity contribution in [3.8, 4) is 0 Å². The third-order valence-electron chi connectivity index (χ3n) is 4.71. The fraction of sp³-hybridized carbons (Fsp3) is 0.700. The van der Waals surface area contributed by atoms with E-state index in [-0.39, 0.29) is 30.5 Å². The normalized spacial score (nSPS) is 25.2. The topological polar surface area (TPSA) is 94.8 Å². The van der Waals surface area contributed by atoms with Crippen molar-refractivity contribution >= 4 is 11.8 Å². The molecule has 0 bridgehead atoms. The molecule has 0 amide bonds. The molecule has 0 radical (unpaired) electrons. The molecule has 0 spiro atoms. The number of allylic oxidation sites excluding steroid dienone is 2. The van der Waals surface area contributed by atoms with Gasteiger partial charge in [0, 0.05) is 24.7 Å². The van der Waals surface area contributed by atoms with E-state index in [0.717, 1.165) is 19.3 Å². The fourth-order valence-electron chi connectivity index (χ4n) is 3.22. The number of Topliss-reactive ketones (excluding diaryl/α,β-unsaturated/α-hetero) is 1. The second-order valence-corrected chi connectivity index (χ2v) is 6.86. The summed E-state index contributed by atoms with van der Waals surface area (Å²) in [6.45, 7) is 2.11. The van der Waals surface area contributed by atoms with E-state index in [2.05, 4.69) is 6.92 Å². The highest BCUT2D eigenvalue weighted by Gasteiger charge is 2.39. The van der Waals surface area contributed by atoms with E-state index in [4.69, 9.17) is 5.11 Å². The number of carbonyl (C=O) groups excluding carboxylic acids is 1. The largest absolute Gasteiger partial charge is 0.481 e. The molecule has 25 heavy (non-hydrogen) atoms. The van der Waals surface area contributed by atoms with Crippen LogP contribution >= 0.6 is 0 Å². The number of hydrogen-bond donors (Lipinski definition) is 3. The Kier molecular flexibility index (Phi) is 10.3. The second kappa shape index (κ2) is 12.0. The average molecular weight is 352 g/mol. The van der Waals surface area contributed by atoms with Gasteiger partial charge in [-0.2, -0.15) is 0 Å². The summed E-state index contributed by atoms with van der Waals surface area (Å²) in [7, 11) is 0. The molecule has 5 nitrogen and oxygen atoms in total. The van der Waals surface area contributed by atoms with Gasteiger partial charge in [0.05, 0.1) is 12.2 Å². The summed E-state index contributed by atoms with van der Waals surface area (Å²) in [4.78, 5) is 22.5. The molecule has 5 heteroatoms. The molecule has 1 saturated carbocycles. The first-order valence-electron chi connectivity index (χ1n) is 9.39. The first-order chi connectivity index (χ1) is 12.0. The summed E-state index contributed by atoms with van der Waals surface area (Å²) in [6, 6.07) is 0. The highest BCUT2D eigenvalue weighted by Crippen LogP contribution is 2.33. The number of aliphatic hydroxyl groups excluding tert-OH is 2. The van der Waals surface area contributed by atoms with Gasteiger partial charge in [0.1, 0.15) is 5.78 Å². The summed E-state index contributed by atoms with van der Waals surface area (Å²) in [5.41, 5.74) is 0. The van der Waals surface area contributed by atoms with Crippen LogP contribution in [0.4, 0.5) is 0 Å². The van der Waals surface area contributed by atoms with E-state index in [1.807, 2.05) is 12.2 Å². The smallest absolute Gasteiger partial charge is 0.303 e. The average Bonchev–Trinajstić information content (AvgIpc) is 2.82. The van der Waals surface area contributed by atoms with Gasteiger partial charge < -0.3 is 15.3 Å². The Morgan fingerprint density at radius 3 is 2.72 bits per heavy atom. The van der Waals surface area contributed by atoms with Gasteiger partial charge >= 0.3 is 5.97 Å². The first kappa shape index (κ1) is 21.6. The zero-order valence-corrected chi connectivity index (χ0v) is 15.1. The maximum atomic E-state index is 12.1. The van der Waals surface area contributed by atoms with Crippen molar-refractivity contribution in [1.82, 2.24) is 0 Å². The molecule has 1 aliphatic rings. The van der Waals surface area contributed by atoms with Gasteiger partial charge in [0.25, 0.3) is 0 Å². The summed E-state index contributed by atoms with van der Waals surface area (Å²) in [6.07, 6.45) is 12.1. The minimum absolute atomic E-state index is 0.0535. The predicted molar refractivity (Wildman–Crippen MR) is 97.1 cm³/mol. The van der Waals surface area contributed by atoms with E-state index in [1.54, 1.807) is 12.2 Å². The third kappa shape index (κ3) is 8.45. The van der Waals surface area contributed by atoms with Gasteiger partial charge in [-0.15, -0.1) is 0 Å². The standard InChI is InChI=1S/C20H32O5/c1-2-3-6-9-15(21)12-13-17-16(18(22)14-19(17)23)10-7-4-5-8-11-20(24)25/h4,7,12-13,15-17,19,21,23H,2-3,5-6,8-11,14H2,1H3,(H,24,25)/b7-4-,13-12+/t15-,16-,17-,19+/m0/s1. The van der Waals surface area contributed by atoms with Crippen LogP contribution in [0.3, 0.4) is 0 Å². The molecule has 0 aromatic rings. The number of aliphatic carboxylic acids is 1. The lowest BCUT2D eigenvalue weighted by molar-refractivity contribution is -0.137. The maximum Gasteiger partial charge on any atom is 0.303 e. The van der Waals surface area contributed by atoms with Crippen LogP contribution in [-0.2, 0) is 9.59 Å². The summed E-state index contributed by atoms with van der Waals surface area (Å²) < 4.78 is 0. The number of carboxylic acid groups (broad SMARTS) is 1. The van der Waals surface area contributed by atoms with E-state index < -0.39 is 18.2 Å². The van der Waals surface area contributed by atoms with Crippen molar-refractivity contribution in [2.24, 2.45) is 11.8 Å². The molecule has 1 aliphatic carbocycles. The molecule has 3 N–H and O–H groups in total. The molecule has 0 unspecified atom stereocenters. The molecule has 1 fully saturated rings. The van der Waals surface area contributed by atoms with Crippen LogP contribution in [0.2, 0.25) is 0 Å².